The van der Waals surface area contributed by atoms with E-state index in [1.807, 2.05) is 32.0 Å². The molecule has 0 aliphatic carbocycles. The van der Waals surface area contributed by atoms with Crippen molar-refractivity contribution in [3.05, 3.63) is 59.2 Å². The number of ether oxygens (including phenoxy) is 1. The van der Waals surface area contributed by atoms with Gasteiger partial charge < -0.3 is 4.74 Å². The van der Waals surface area contributed by atoms with Crippen molar-refractivity contribution < 1.29 is 17.9 Å². The van der Waals surface area contributed by atoms with Crippen LogP contribution < -0.4 is 4.74 Å². The first-order valence-corrected chi connectivity index (χ1v) is 10.5. The smallest absolute Gasteiger partial charge is 0.243 e. The first-order chi connectivity index (χ1) is 12.8. The zero-order valence-electron chi connectivity index (χ0n) is 15.9. The SMILES string of the molecule is COc1ccc(S(=O)(=O)N2CCC(C(=O)c3cc(C)ccc3C)CC2)cc1. The lowest BCUT2D eigenvalue weighted by atomic mass is 9.87. The molecule has 2 aromatic rings. The number of carbonyl (C=O) groups excluding carboxylic acids is 1. The average Bonchev–Trinajstić information content (AvgIpc) is 2.69. The maximum Gasteiger partial charge on any atom is 0.243 e. The zero-order valence-corrected chi connectivity index (χ0v) is 16.8. The Labute approximate surface area is 161 Å². The highest BCUT2D eigenvalue weighted by atomic mass is 32.2. The van der Waals surface area contributed by atoms with Crippen LogP contribution in [0.2, 0.25) is 0 Å². The summed E-state index contributed by atoms with van der Waals surface area (Å²) in [5, 5.41) is 0. The molecule has 3 rings (SSSR count). The molecule has 1 heterocycles. The second-order valence-electron chi connectivity index (χ2n) is 7.04. The number of hydrogen-bond donors (Lipinski definition) is 0. The van der Waals surface area contributed by atoms with E-state index in [9.17, 15) is 13.2 Å². The number of carbonyl (C=O) groups is 1. The highest BCUT2D eigenvalue weighted by Gasteiger charge is 2.32. The first kappa shape index (κ1) is 19.6. The lowest BCUT2D eigenvalue weighted by Crippen LogP contribution is -2.40. The molecule has 0 atom stereocenters. The second-order valence-corrected chi connectivity index (χ2v) is 8.97. The maximum absolute atomic E-state index is 12.9. The van der Waals surface area contributed by atoms with Crippen molar-refractivity contribution in [3.8, 4) is 5.75 Å². The van der Waals surface area contributed by atoms with Gasteiger partial charge in [0.2, 0.25) is 10.0 Å². The molecule has 5 nitrogen and oxygen atoms in total. The van der Waals surface area contributed by atoms with Gasteiger partial charge in [0.15, 0.2) is 5.78 Å². The molecule has 0 radical (unpaired) electrons. The number of benzene rings is 2. The molecule has 0 amide bonds. The number of rotatable bonds is 5. The van der Waals surface area contributed by atoms with E-state index in [-0.39, 0.29) is 16.6 Å². The summed E-state index contributed by atoms with van der Waals surface area (Å²) >= 11 is 0. The highest BCUT2D eigenvalue weighted by molar-refractivity contribution is 7.89. The third kappa shape index (κ3) is 4.06. The van der Waals surface area contributed by atoms with Crippen LogP contribution >= 0.6 is 0 Å². The Morgan fingerprint density at radius 2 is 1.67 bits per heavy atom. The number of sulfonamides is 1. The molecule has 1 aliphatic rings. The minimum Gasteiger partial charge on any atom is -0.497 e. The minimum absolute atomic E-state index is 0.123. The Kier molecular flexibility index (Phi) is 5.67. The van der Waals surface area contributed by atoms with Crippen LogP contribution in [0.5, 0.6) is 5.75 Å². The van der Waals surface area contributed by atoms with Crippen LogP contribution in [0.1, 0.15) is 34.3 Å². The van der Waals surface area contributed by atoms with Crippen molar-refractivity contribution in [2.24, 2.45) is 5.92 Å². The number of piperidine rings is 1. The summed E-state index contributed by atoms with van der Waals surface area (Å²) in [6, 6.07) is 12.3. The van der Waals surface area contributed by atoms with Crippen molar-refractivity contribution in [2.75, 3.05) is 20.2 Å². The fourth-order valence-electron chi connectivity index (χ4n) is 3.48. The molecule has 0 unspecified atom stereocenters. The number of Topliss-reactive ketones (excluding diaryl/α,β-unsaturated/α-hetero) is 1. The van der Waals surface area contributed by atoms with E-state index >= 15 is 0 Å². The lowest BCUT2D eigenvalue weighted by Gasteiger charge is -2.30. The summed E-state index contributed by atoms with van der Waals surface area (Å²) in [6.07, 6.45) is 1.09. The Morgan fingerprint density at radius 3 is 2.26 bits per heavy atom. The average molecular weight is 388 g/mol. The number of methoxy groups -OCH3 is 1. The quantitative estimate of drug-likeness (QED) is 0.736. The van der Waals surface area contributed by atoms with Gasteiger partial charge in [0.05, 0.1) is 12.0 Å². The minimum atomic E-state index is -3.55. The fraction of sp³-hybridized carbons (Fsp3) is 0.381. The van der Waals surface area contributed by atoms with E-state index in [0.29, 0.717) is 31.7 Å². The van der Waals surface area contributed by atoms with Crippen LogP contribution in [-0.2, 0) is 10.0 Å². The number of hydrogen-bond acceptors (Lipinski definition) is 4. The van der Waals surface area contributed by atoms with Crippen molar-refractivity contribution in [3.63, 3.8) is 0 Å². The third-order valence-electron chi connectivity index (χ3n) is 5.18. The molecule has 6 heteroatoms. The van der Waals surface area contributed by atoms with E-state index in [2.05, 4.69) is 0 Å². The molecular weight excluding hydrogens is 362 g/mol. The molecule has 1 fully saturated rings. The molecule has 0 bridgehead atoms. The normalized spacial score (nSPS) is 16.3. The molecule has 0 aromatic heterocycles. The zero-order chi connectivity index (χ0) is 19.6. The van der Waals surface area contributed by atoms with Gasteiger partial charge in [-0.15, -0.1) is 0 Å². The fourth-order valence-corrected chi connectivity index (χ4v) is 4.95. The van der Waals surface area contributed by atoms with Crippen LogP contribution in [0.4, 0.5) is 0 Å². The summed E-state index contributed by atoms with van der Waals surface area (Å²) in [5.74, 6) is 0.609. The van der Waals surface area contributed by atoms with E-state index in [1.165, 1.54) is 4.31 Å². The second kappa shape index (κ2) is 7.82. The summed E-state index contributed by atoms with van der Waals surface area (Å²) < 4.78 is 32.2. The molecular formula is C21H25NO4S. The topological polar surface area (TPSA) is 63.7 Å². The van der Waals surface area contributed by atoms with E-state index in [1.54, 1.807) is 31.4 Å². The Morgan fingerprint density at radius 1 is 1.04 bits per heavy atom. The van der Waals surface area contributed by atoms with E-state index in [4.69, 9.17) is 4.74 Å². The first-order valence-electron chi connectivity index (χ1n) is 9.08. The van der Waals surface area contributed by atoms with Crippen LogP contribution in [0.3, 0.4) is 0 Å². The van der Waals surface area contributed by atoms with Crippen LogP contribution in [0.15, 0.2) is 47.4 Å². The van der Waals surface area contributed by atoms with Crippen LogP contribution in [0.25, 0.3) is 0 Å². The number of ketones is 1. The van der Waals surface area contributed by atoms with Crippen molar-refractivity contribution in [2.45, 2.75) is 31.6 Å². The van der Waals surface area contributed by atoms with Crippen LogP contribution in [-0.4, -0.2) is 38.7 Å². The van der Waals surface area contributed by atoms with Crippen molar-refractivity contribution in [1.82, 2.24) is 4.31 Å². The van der Waals surface area contributed by atoms with Gasteiger partial charge in [-0.05, 0) is 62.6 Å². The number of aryl methyl sites for hydroxylation is 2. The molecule has 1 saturated heterocycles. The molecule has 0 saturated carbocycles. The van der Waals surface area contributed by atoms with Crippen molar-refractivity contribution in [1.29, 1.82) is 0 Å². The maximum atomic E-state index is 12.9. The number of nitrogens with zero attached hydrogens (tertiary/aromatic N) is 1. The standard InChI is InChI=1S/C21H25NO4S/c1-15-4-5-16(2)20(14-15)21(23)17-10-12-22(13-11-17)27(24,25)19-8-6-18(26-3)7-9-19/h4-9,14,17H,10-13H2,1-3H3. The van der Waals surface area contributed by atoms with E-state index < -0.39 is 10.0 Å². The Bertz CT molecular complexity index is 927. The van der Waals surface area contributed by atoms with Gasteiger partial charge in [-0.1, -0.05) is 17.7 Å². The van der Waals surface area contributed by atoms with Gasteiger partial charge >= 0.3 is 0 Å². The molecule has 144 valence electrons. The predicted octanol–water partition coefficient (Wildman–Crippen LogP) is 3.60. The predicted molar refractivity (Wildman–Crippen MR) is 105 cm³/mol. The van der Waals surface area contributed by atoms with Crippen LogP contribution in [0, 0.1) is 19.8 Å². The molecule has 2 aromatic carbocycles. The van der Waals surface area contributed by atoms with E-state index in [0.717, 1.165) is 16.7 Å². The summed E-state index contributed by atoms with van der Waals surface area (Å²) in [7, 11) is -2.01. The van der Waals surface area contributed by atoms with Gasteiger partial charge in [-0.25, -0.2) is 8.42 Å². The summed E-state index contributed by atoms with van der Waals surface area (Å²) in [5.41, 5.74) is 2.79. The van der Waals surface area contributed by atoms with Gasteiger partial charge in [0, 0.05) is 24.6 Å². The van der Waals surface area contributed by atoms with Gasteiger partial charge in [0.25, 0.3) is 0 Å². The Balaban J connectivity index is 1.70. The molecule has 0 N–H and O–H groups in total. The largest absolute Gasteiger partial charge is 0.497 e. The monoisotopic (exact) mass is 387 g/mol. The third-order valence-corrected chi connectivity index (χ3v) is 7.09. The van der Waals surface area contributed by atoms with Crippen molar-refractivity contribution >= 4 is 15.8 Å². The van der Waals surface area contributed by atoms with Gasteiger partial charge in [-0.3, -0.25) is 4.79 Å². The van der Waals surface area contributed by atoms with Gasteiger partial charge in [0.1, 0.15) is 5.75 Å². The lowest BCUT2D eigenvalue weighted by molar-refractivity contribution is 0.0874. The van der Waals surface area contributed by atoms with Gasteiger partial charge in [-0.2, -0.15) is 4.31 Å². The Hall–Kier alpha value is -2.18. The molecule has 1 aliphatic heterocycles. The summed E-state index contributed by atoms with van der Waals surface area (Å²) in [4.78, 5) is 13.1. The molecule has 27 heavy (non-hydrogen) atoms. The summed E-state index contributed by atoms with van der Waals surface area (Å²) in [6.45, 7) is 4.63. The highest BCUT2D eigenvalue weighted by Crippen LogP contribution is 2.28. The molecule has 0 spiro atoms.